The minimum absolute atomic E-state index is 0.171. The van der Waals surface area contributed by atoms with Crippen LogP contribution in [0, 0.1) is 25.5 Å². The normalized spacial score (nSPS) is 13.6. The molecule has 0 saturated carbocycles. The second-order valence-corrected chi connectivity index (χ2v) is 21.3. The number of hydrogen-bond acceptors (Lipinski definition) is 3. The summed E-state index contributed by atoms with van der Waals surface area (Å²) in [5.74, 6) is -0.587. The number of aryl methyl sites for hydroxylation is 2. The molecule has 0 spiro atoms. The third-order valence-corrected chi connectivity index (χ3v) is 15.1. The lowest BCUT2D eigenvalue weighted by Crippen LogP contribution is -2.62. The van der Waals surface area contributed by atoms with Crippen molar-refractivity contribution in [3.63, 3.8) is 0 Å². The van der Waals surface area contributed by atoms with Gasteiger partial charge in [-0.05, 0) is 130 Å². The van der Waals surface area contributed by atoms with Gasteiger partial charge in [0.25, 0.3) is 6.71 Å². The van der Waals surface area contributed by atoms with Gasteiger partial charge in [0.1, 0.15) is 11.6 Å². The summed E-state index contributed by atoms with van der Waals surface area (Å²) in [6.07, 6.45) is 0. The molecule has 12 rings (SSSR count). The molecule has 3 nitrogen and oxygen atoms in total. The van der Waals surface area contributed by atoms with E-state index in [9.17, 15) is 0 Å². The molecule has 0 atom stereocenters. The molecule has 0 aliphatic carbocycles. The van der Waals surface area contributed by atoms with Crippen molar-refractivity contribution < 1.29 is 8.78 Å². The van der Waals surface area contributed by atoms with Gasteiger partial charge in [-0.2, -0.15) is 0 Å². The summed E-state index contributed by atoms with van der Waals surface area (Å²) in [6, 6.07) is 50.9. The molecule has 0 amide bonds. The van der Waals surface area contributed by atoms with Crippen LogP contribution >= 0.6 is 11.3 Å². The lowest BCUT2D eigenvalue weighted by molar-refractivity contribution is 0.590. The molecule has 4 heterocycles. The highest BCUT2D eigenvalue weighted by molar-refractivity contribution is 7.28. The molecule has 0 unspecified atom stereocenters. The Morgan fingerprint density at radius 1 is 0.462 bits per heavy atom. The van der Waals surface area contributed by atoms with E-state index in [1.165, 1.54) is 26.4 Å². The maximum Gasteiger partial charge on any atom is 0.254 e. The molecule has 2 aliphatic heterocycles. The smallest absolute Gasteiger partial charge is 0.254 e. The first-order valence-electron chi connectivity index (χ1n) is 22.6. The van der Waals surface area contributed by atoms with Crippen molar-refractivity contribution in [2.24, 2.45) is 0 Å². The average molecular weight is 868 g/mol. The molecule has 10 aromatic rings. The van der Waals surface area contributed by atoms with Crippen molar-refractivity contribution in [2.75, 3.05) is 9.80 Å². The third-order valence-electron chi connectivity index (χ3n) is 13.9. The summed E-state index contributed by atoms with van der Waals surface area (Å²) in [6.45, 7) is 17.0. The lowest BCUT2D eigenvalue weighted by Gasteiger charge is -2.45. The number of hydrogen-bond donors (Lipinski definition) is 0. The van der Waals surface area contributed by atoms with Crippen LogP contribution in [-0.2, 0) is 10.8 Å². The van der Waals surface area contributed by atoms with E-state index in [0.29, 0.717) is 11.4 Å². The van der Waals surface area contributed by atoms with Crippen LogP contribution in [0.25, 0.3) is 47.7 Å². The number of aromatic nitrogens is 1. The van der Waals surface area contributed by atoms with Crippen molar-refractivity contribution in [3.05, 3.63) is 179 Å². The maximum atomic E-state index is 17.3. The standard InChI is InChI=1S/C58H48BF2N3S/c1-33-21-24-46(41(60)27-33)63-45-26-23-35(57(3,4)5)29-40(45)59-54-49(63)30-36(58(6,7)8)31-50(54)64(47-25-22-34(2)28-42(47)61)51-32-48(53-39-17-11-14-20-52(39)65-56(53)55(51)59)62-43-18-12-9-15-37(43)38-16-10-13-19-44(38)62/h9-32H,1-8H3. The minimum atomic E-state index is -0.309. The van der Waals surface area contributed by atoms with Crippen LogP contribution in [-0.4, -0.2) is 11.3 Å². The summed E-state index contributed by atoms with van der Waals surface area (Å²) < 4.78 is 38.9. The molecule has 0 saturated heterocycles. The molecule has 7 heteroatoms. The number of rotatable bonds is 3. The predicted octanol–water partition coefficient (Wildman–Crippen LogP) is 14.7. The van der Waals surface area contributed by atoms with Crippen LogP contribution < -0.4 is 26.2 Å². The van der Waals surface area contributed by atoms with Gasteiger partial charge >= 0.3 is 0 Å². The Labute approximate surface area is 383 Å². The molecular formula is C58H48BF2N3S. The second kappa shape index (κ2) is 13.9. The highest BCUT2D eigenvalue weighted by Crippen LogP contribution is 2.51. The van der Waals surface area contributed by atoms with Gasteiger partial charge in [0.05, 0.1) is 28.1 Å². The Balaban J connectivity index is 1.31. The number of anilines is 6. The Morgan fingerprint density at radius 2 is 0.969 bits per heavy atom. The minimum Gasteiger partial charge on any atom is -0.309 e. The lowest BCUT2D eigenvalue weighted by atomic mass is 9.33. The number of para-hydroxylation sites is 2. The summed E-state index contributed by atoms with van der Waals surface area (Å²) in [5, 5.41) is 4.70. The van der Waals surface area contributed by atoms with Crippen LogP contribution in [0.5, 0.6) is 0 Å². The number of halogens is 2. The van der Waals surface area contributed by atoms with Crippen molar-refractivity contribution in [3.8, 4) is 5.69 Å². The summed E-state index contributed by atoms with van der Waals surface area (Å²) >= 11 is 1.81. The predicted molar refractivity (Wildman–Crippen MR) is 274 cm³/mol. The van der Waals surface area contributed by atoms with Crippen LogP contribution in [0.2, 0.25) is 0 Å². The van der Waals surface area contributed by atoms with E-state index in [0.717, 1.165) is 82.6 Å². The first-order chi connectivity index (χ1) is 31.2. The zero-order chi connectivity index (χ0) is 44.8. The van der Waals surface area contributed by atoms with E-state index in [1.807, 2.05) is 49.4 Å². The van der Waals surface area contributed by atoms with E-state index in [2.05, 4.69) is 165 Å². The number of benzene rings is 8. The van der Waals surface area contributed by atoms with Gasteiger partial charge in [-0.1, -0.05) is 120 Å². The van der Waals surface area contributed by atoms with Gasteiger partial charge in [-0.25, -0.2) is 8.78 Å². The highest BCUT2D eigenvalue weighted by atomic mass is 32.1. The van der Waals surface area contributed by atoms with Crippen molar-refractivity contribution in [1.82, 2.24) is 4.57 Å². The van der Waals surface area contributed by atoms with E-state index >= 15 is 8.78 Å². The van der Waals surface area contributed by atoms with Crippen LogP contribution in [0.4, 0.5) is 42.9 Å². The molecule has 2 aromatic heterocycles. The zero-order valence-electron chi connectivity index (χ0n) is 37.9. The first-order valence-corrected chi connectivity index (χ1v) is 23.4. The summed E-state index contributed by atoms with van der Waals surface area (Å²) in [4.78, 5) is 4.34. The molecule has 2 aliphatic rings. The molecule has 318 valence electrons. The monoisotopic (exact) mass is 867 g/mol. The molecule has 0 fully saturated rings. The highest BCUT2D eigenvalue weighted by Gasteiger charge is 2.47. The molecule has 65 heavy (non-hydrogen) atoms. The maximum absolute atomic E-state index is 17.3. The fraction of sp³-hybridized carbons (Fsp3) is 0.172. The van der Waals surface area contributed by atoms with Gasteiger partial charge in [0.2, 0.25) is 0 Å². The van der Waals surface area contributed by atoms with Crippen molar-refractivity contribution in [1.29, 1.82) is 0 Å². The van der Waals surface area contributed by atoms with Crippen LogP contribution in [0.3, 0.4) is 0 Å². The number of thiophene rings is 1. The van der Waals surface area contributed by atoms with E-state index in [1.54, 1.807) is 12.1 Å². The fourth-order valence-corrected chi connectivity index (χ4v) is 12.0. The second-order valence-electron chi connectivity index (χ2n) is 20.2. The van der Waals surface area contributed by atoms with Gasteiger partial charge in [-0.3, -0.25) is 0 Å². The number of nitrogens with zero attached hydrogens (tertiary/aromatic N) is 3. The Bertz CT molecular complexity index is 3610. The third kappa shape index (κ3) is 5.84. The van der Waals surface area contributed by atoms with Crippen molar-refractivity contribution >= 4 is 111 Å². The Morgan fingerprint density at radius 3 is 1.54 bits per heavy atom. The van der Waals surface area contributed by atoms with E-state index < -0.39 is 0 Å². The molecule has 0 bridgehead atoms. The topological polar surface area (TPSA) is 11.4 Å². The average Bonchev–Trinajstić information content (AvgIpc) is 3.82. The summed E-state index contributed by atoms with van der Waals surface area (Å²) in [7, 11) is 0. The fourth-order valence-electron chi connectivity index (χ4n) is 10.7. The van der Waals surface area contributed by atoms with Crippen LogP contribution in [0.15, 0.2) is 146 Å². The number of fused-ring (bicyclic) bond motifs is 11. The van der Waals surface area contributed by atoms with E-state index in [4.69, 9.17) is 0 Å². The van der Waals surface area contributed by atoms with Gasteiger partial charge in [0, 0.05) is 53.7 Å². The van der Waals surface area contributed by atoms with Gasteiger partial charge in [-0.15, -0.1) is 11.3 Å². The largest absolute Gasteiger partial charge is 0.309 e. The Kier molecular flexibility index (Phi) is 8.53. The molecular weight excluding hydrogens is 820 g/mol. The SMILES string of the molecule is Cc1ccc(N2c3ccc(C(C)(C)C)cc3B3c4c2cc(C(C)(C)C)cc4N(c2ccc(C)cc2F)c2cc(-n4c5ccccc5c5ccccc54)c4c(sc5ccccc54)c23)c(F)c1. The van der Waals surface area contributed by atoms with E-state index in [-0.39, 0.29) is 29.2 Å². The molecule has 8 aromatic carbocycles. The van der Waals surface area contributed by atoms with Gasteiger partial charge < -0.3 is 14.4 Å². The first kappa shape index (κ1) is 39.9. The molecule has 0 radical (unpaired) electrons. The van der Waals surface area contributed by atoms with Gasteiger partial charge in [0.15, 0.2) is 0 Å². The quantitative estimate of drug-likeness (QED) is 0.164. The Hall–Kier alpha value is -6.70. The zero-order valence-corrected chi connectivity index (χ0v) is 38.8. The summed E-state index contributed by atoms with van der Waals surface area (Å²) in [5.41, 5.74) is 14.6. The van der Waals surface area contributed by atoms with Crippen LogP contribution in [0.1, 0.15) is 63.8 Å². The van der Waals surface area contributed by atoms with Crippen molar-refractivity contribution in [2.45, 2.75) is 66.2 Å². The molecule has 0 N–H and O–H groups in total.